The van der Waals surface area contributed by atoms with Crippen LogP contribution in [0.15, 0.2) is 72.9 Å². The summed E-state index contributed by atoms with van der Waals surface area (Å²) in [6.07, 6.45) is 2.44. The van der Waals surface area contributed by atoms with Crippen molar-refractivity contribution >= 4 is 29.3 Å². The lowest BCUT2D eigenvalue weighted by Crippen LogP contribution is -2.38. The van der Waals surface area contributed by atoms with Gasteiger partial charge in [-0.05, 0) is 48.0 Å². The van der Waals surface area contributed by atoms with E-state index in [1.165, 1.54) is 12.1 Å². The Hall–Kier alpha value is -3.23. The molecule has 2 amide bonds. The second-order valence-electron chi connectivity index (χ2n) is 8.44. The van der Waals surface area contributed by atoms with E-state index in [2.05, 4.69) is 10.3 Å². The van der Waals surface area contributed by atoms with Gasteiger partial charge in [0.15, 0.2) is 0 Å². The van der Waals surface area contributed by atoms with Crippen molar-refractivity contribution in [3.05, 3.63) is 95.6 Å². The first-order valence-electron chi connectivity index (χ1n) is 11.7. The lowest BCUT2D eigenvalue weighted by Gasteiger charge is -2.26. The number of amides is 2. The zero-order chi connectivity index (χ0) is 24.5. The summed E-state index contributed by atoms with van der Waals surface area (Å²) in [7, 11) is 0. The van der Waals surface area contributed by atoms with Crippen molar-refractivity contribution in [1.29, 1.82) is 0 Å². The first-order chi connectivity index (χ1) is 17.1. The lowest BCUT2D eigenvalue weighted by atomic mass is 10.1. The molecule has 2 aromatic carbocycles. The highest BCUT2D eigenvalue weighted by Crippen LogP contribution is 2.17. The number of nitrogens with zero attached hydrogens (tertiary/aromatic N) is 3. The van der Waals surface area contributed by atoms with E-state index < -0.39 is 0 Å². The van der Waals surface area contributed by atoms with E-state index in [0.717, 1.165) is 35.9 Å². The van der Waals surface area contributed by atoms with Crippen LogP contribution in [0.1, 0.15) is 21.6 Å². The molecule has 8 heteroatoms. The van der Waals surface area contributed by atoms with Gasteiger partial charge in [-0.1, -0.05) is 24.3 Å². The number of hydrogen-bond acceptors (Lipinski definition) is 5. The van der Waals surface area contributed by atoms with E-state index in [-0.39, 0.29) is 24.2 Å². The molecule has 35 heavy (non-hydrogen) atoms. The molecule has 1 aliphatic rings. The highest BCUT2D eigenvalue weighted by Gasteiger charge is 2.19. The molecule has 0 spiro atoms. The zero-order valence-electron chi connectivity index (χ0n) is 19.5. The highest BCUT2D eigenvalue weighted by atomic mass is 32.2. The fraction of sp³-hybridized carbons (Fsp3) is 0.296. The van der Waals surface area contributed by atoms with Gasteiger partial charge < -0.3 is 10.2 Å². The molecule has 1 N–H and O–H groups in total. The molecule has 6 nitrogen and oxygen atoms in total. The summed E-state index contributed by atoms with van der Waals surface area (Å²) in [5.74, 6) is 1.43. The van der Waals surface area contributed by atoms with Crippen LogP contribution < -0.4 is 5.32 Å². The summed E-state index contributed by atoms with van der Waals surface area (Å²) in [5.41, 5.74) is 3.04. The van der Waals surface area contributed by atoms with Crippen LogP contribution in [-0.4, -0.2) is 64.3 Å². The number of benzene rings is 2. The molecule has 4 rings (SSSR count). The maximum atomic E-state index is 13.3. The minimum atomic E-state index is -0.288. The van der Waals surface area contributed by atoms with Gasteiger partial charge >= 0.3 is 0 Å². The number of nitrogens with one attached hydrogen (secondary N) is 1. The average molecular weight is 493 g/mol. The Balaban J connectivity index is 1.40. The summed E-state index contributed by atoms with van der Waals surface area (Å²) in [4.78, 5) is 34.0. The molecule has 0 atom stereocenters. The van der Waals surface area contributed by atoms with Gasteiger partial charge in [0.25, 0.3) is 5.91 Å². The molecular weight excluding hydrogens is 463 g/mol. The molecule has 0 bridgehead atoms. The van der Waals surface area contributed by atoms with Crippen LogP contribution in [0.2, 0.25) is 0 Å². The summed E-state index contributed by atoms with van der Waals surface area (Å²) in [5, 5.41) is 2.93. The fourth-order valence-corrected chi connectivity index (χ4v) is 4.87. The number of carbonyl (C=O) groups is 2. The topological polar surface area (TPSA) is 65.5 Å². The van der Waals surface area contributed by atoms with Gasteiger partial charge in [-0.15, -0.1) is 0 Å². The number of hydrogen-bond donors (Lipinski definition) is 1. The van der Waals surface area contributed by atoms with Gasteiger partial charge in [0.05, 0.1) is 6.54 Å². The van der Waals surface area contributed by atoms with Crippen molar-refractivity contribution < 1.29 is 14.0 Å². The predicted molar refractivity (Wildman–Crippen MR) is 138 cm³/mol. The van der Waals surface area contributed by atoms with Crippen LogP contribution in [0.4, 0.5) is 10.1 Å². The Bertz CT molecular complexity index is 1120. The van der Waals surface area contributed by atoms with Gasteiger partial charge in [0.2, 0.25) is 5.91 Å². The minimum absolute atomic E-state index is 0.00491. The number of aromatic nitrogens is 1. The SMILES string of the molecule is O=C(CN(CCc1ccccn1)Cc1ccc(F)cc1)Nc1cccc(C(=O)N2CCSCC2)c1. The highest BCUT2D eigenvalue weighted by molar-refractivity contribution is 7.99. The number of rotatable bonds is 9. The van der Waals surface area contributed by atoms with E-state index in [9.17, 15) is 14.0 Å². The van der Waals surface area contributed by atoms with Crippen LogP contribution in [-0.2, 0) is 17.8 Å². The molecule has 1 aliphatic heterocycles. The third-order valence-corrected chi connectivity index (χ3v) is 6.73. The molecule has 1 fully saturated rings. The second-order valence-corrected chi connectivity index (χ2v) is 9.67. The van der Waals surface area contributed by atoms with E-state index in [0.29, 0.717) is 30.8 Å². The van der Waals surface area contributed by atoms with Crippen molar-refractivity contribution in [2.75, 3.05) is 43.0 Å². The summed E-state index contributed by atoms with van der Waals surface area (Å²) in [6, 6.07) is 19.2. The Morgan fingerprint density at radius 2 is 1.83 bits per heavy atom. The largest absolute Gasteiger partial charge is 0.337 e. The maximum absolute atomic E-state index is 13.3. The number of halogens is 1. The fourth-order valence-electron chi connectivity index (χ4n) is 3.96. The number of pyridine rings is 1. The minimum Gasteiger partial charge on any atom is -0.337 e. The number of anilines is 1. The molecule has 3 aromatic rings. The summed E-state index contributed by atoms with van der Waals surface area (Å²) in [6.45, 7) is 2.77. The van der Waals surface area contributed by atoms with E-state index in [1.54, 1.807) is 42.6 Å². The third-order valence-electron chi connectivity index (χ3n) is 5.79. The molecule has 182 valence electrons. The zero-order valence-corrected chi connectivity index (χ0v) is 20.3. The summed E-state index contributed by atoms with van der Waals surface area (Å²) >= 11 is 1.85. The molecular formula is C27H29FN4O2S. The van der Waals surface area contributed by atoms with Crippen molar-refractivity contribution in [2.24, 2.45) is 0 Å². The molecule has 0 radical (unpaired) electrons. The van der Waals surface area contributed by atoms with Crippen LogP contribution in [0.5, 0.6) is 0 Å². The first kappa shape index (κ1) is 24.9. The third kappa shape index (κ3) is 7.63. The maximum Gasteiger partial charge on any atom is 0.253 e. The van der Waals surface area contributed by atoms with Gasteiger partial charge in [-0.2, -0.15) is 11.8 Å². The first-order valence-corrected chi connectivity index (χ1v) is 12.9. The van der Waals surface area contributed by atoms with Gasteiger partial charge in [0, 0.05) is 67.2 Å². The molecule has 1 aromatic heterocycles. The monoisotopic (exact) mass is 492 g/mol. The quantitative estimate of drug-likeness (QED) is 0.487. The van der Waals surface area contributed by atoms with E-state index in [1.807, 2.05) is 39.8 Å². The molecule has 2 heterocycles. The number of thioether (sulfide) groups is 1. The Morgan fingerprint density at radius 1 is 1.03 bits per heavy atom. The van der Waals surface area contributed by atoms with Crippen molar-refractivity contribution in [1.82, 2.24) is 14.8 Å². The van der Waals surface area contributed by atoms with Crippen molar-refractivity contribution in [2.45, 2.75) is 13.0 Å². The molecule has 0 saturated carbocycles. The van der Waals surface area contributed by atoms with E-state index >= 15 is 0 Å². The Morgan fingerprint density at radius 3 is 2.57 bits per heavy atom. The average Bonchev–Trinajstić information content (AvgIpc) is 2.89. The van der Waals surface area contributed by atoms with Crippen LogP contribution >= 0.6 is 11.8 Å². The second kappa shape index (κ2) is 12.5. The van der Waals surface area contributed by atoms with Crippen LogP contribution in [0, 0.1) is 5.82 Å². The Labute approximate surface area is 209 Å². The van der Waals surface area contributed by atoms with Crippen LogP contribution in [0.3, 0.4) is 0 Å². The standard InChI is InChI=1S/C27H29FN4O2S/c28-23-9-7-21(8-10-23)19-31(13-11-24-5-1-2-12-29-24)20-26(33)30-25-6-3-4-22(18-25)27(34)32-14-16-35-17-15-32/h1-10,12,18H,11,13-17,19-20H2,(H,30,33). The van der Waals surface area contributed by atoms with Crippen molar-refractivity contribution in [3.63, 3.8) is 0 Å². The smallest absolute Gasteiger partial charge is 0.253 e. The number of carbonyl (C=O) groups excluding carboxylic acids is 2. The summed E-state index contributed by atoms with van der Waals surface area (Å²) < 4.78 is 13.3. The Kier molecular flexibility index (Phi) is 8.86. The molecule has 0 aliphatic carbocycles. The normalized spacial score (nSPS) is 13.6. The van der Waals surface area contributed by atoms with Gasteiger partial charge in [-0.3, -0.25) is 19.5 Å². The van der Waals surface area contributed by atoms with E-state index in [4.69, 9.17) is 0 Å². The molecule has 0 unspecified atom stereocenters. The van der Waals surface area contributed by atoms with Crippen molar-refractivity contribution in [3.8, 4) is 0 Å². The lowest BCUT2D eigenvalue weighted by molar-refractivity contribution is -0.117. The van der Waals surface area contributed by atoms with Crippen LogP contribution in [0.25, 0.3) is 0 Å². The van der Waals surface area contributed by atoms with Gasteiger partial charge in [0.1, 0.15) is 5.82 Å². The van der Waals surface area contributed by atoms with Gasteiger partial charge in [-0.25, -0.2) is 4.39 Å². The molecule has 1 saturated heterocycles. The predicted octanol–water partition coefficient (Wildman–Crippen LogP) is 4.09.